The molecule has 2 amide bonds. The van der Waals surface area contributed by atoms with Gasteiger partial charge in [0.1, 0.15) is 5.15 Å². The van der Waals surface area contributed by atoms with Gasteiger partial charge < -0.3 is 35.5 Å². The average molecular weight is 667 g/mol. The second kappa shape index (κ2) is 16.1. The fourth-order valence-electron chi connectivity index (χ4n) is 5.28. The first-order valence-electron chi connectivity index (χ1n) is 15.2. The van der Waals surface area contributed by atoms with Gasteiger partial charge in [-0.15, -0.1) is 0 Å². The second-order valence-corrected chi connectivity index (χ2v) is 11.9. The van der Waals surface area contributed by atoms with Crippen molar-refractivity contribution in [3.8, 4) is 0 Å². The van der Waals surface area contributed by atoms with E-state index in [0.29, 0.717) is 60.9 Å². The number of carbonyl (C=O) groups excluding carboxylic acids is 2. The Balaban J connectivity index is 1.16. The topological polar surface area (TPSA) is 141 Å². The standard InChI is InChI=1S/C34H37Cl2N5O5/c35-32-33(36)41(21-38-32)19-26-18-29(23-15-13-22(20-42)14-16-23)46-34(45-26)24-7-6-8-25(17-24)39-30(43)11-2-1-3-12-31(44)40-28-10-5-4-9-27(28)37/h4-10,13-17,21,26,29,34,42H,1-3,11-12,18-20,37H2,(H,39,43)(H,40,44)/t26-,29+,34+/m1/s1. The summed E-state index contributed by atoms with van der Waals surface area (Å²) in [4.78, 5) is 29.0. The van der Waals surface area contributed by atoms with Gasteiger partial charge in [-0.2, -0.15) is 0 Å². The maximum Gasteiger partial charge on any atom is 0.224 e. The number of nitrogens with zero attached hydrogens (tertiary/aromatic N) is 2. The molecule has 2 heterocycles. The number of aromatic nitrogens is 2. The van der Waals surface area contributed by atoms with Crippen molar-refractivity contribution in [2.45, 2.75) is 70.2 Å². The van der Waals surface area contributed by atoms with Gasteiger partial charge in [-0.25, -0.2) is 4.98 Å². The number of ether oxygens (including phenoxy) is 2. The maximum atomic E-state index is 12.7. The van der Waals surface area contributed by atoms with Gasteiger partial charge >= 0.3 is 0 Å². The number of halogens is 2. The number of aliphatic hydroxyl groups is 1. The fraction of sp³-hybridized carbons (Fsp3) is 0.324. The molecule has 0 saturated carbocycles. The third kappa shape index (κ3) is 9.08. The number of hydrogen-bond acceptors (Lipinski definition) is 7. The van der Waals surface area contributed by atoms with Crippen molar-refractivity contribution < 1.29 is 24.2 Å². The van der Waals surface area contributed by atoms with Crippen LogP contribution in [0.5, 0.6) is 0 Å². The molecule has 0 aliphatic carbocycles. The molecule has 12 heteroatoms. The number of nitrogen functional groups attached to an aromatic ring is 1. The molecule has 242 valence electrons. The van der Waals surface area contributed by atoms with Gasteiger partial charge in [0.15, 0.2) is 11.4 Å². The number of carbonyl (C=O) groups is 2. The smallest absolute Gasteiger partial charge is 0.224 e. The van der Waals surface area contributed by atoms with Crippen molar-refractivity contribution in [2.75, 3.05) is 16.4 Å². The molecular weight excluding hydrogens is 629 g/mol. The summed E-state index contributed by atoms with van der Waals surface area (Å²) in [7, 11) is 0. The van der Waals surface area contributed by atoms with Gasteiger partial charge in [-0.1, -0.05) is 78.2 Å². The third-order valence-electron chi connectivity index (χ3n) is 7.73. The Morgan fingerprint density at radius 3 is 2.35 bits per heavy atom. The van der Waals surface area contributed by atoms with Gasteiger partial charge in [0.25, 0.3) is 0 Å². The van der Waals surface area contributed by atoms with E-state index in [4.69, 9.17) is 38.4 Å². The van der Waals surface area contributed by atoms with Gasteiger partial charge in [0.2, 0.25) is 11.8 Å². The summed E-state index contributed by atoms with van der Waals surface area (Å²) in [5.41, 5.74) is 10.2. The van der Waals surface area contributed by atoms with Gasteiger partial charge in [0, 0.05) is 30.5 Å². The Bertz CT molecular complexity index is 1630. The maximum absolute atomic E-state index is 12.7. The molecule has 46 heavy (non-hydrogen) atoms. The Hall–Kier alpha value is -3.93. The van der Waals surface area contributed by atoms with Crippen LogP contribution in [0.1, 0.15) is 67.6 Å². The lowest BCUT2D eigenvalue weighted by atomic mass is 10.00. The molecule has 0 radical (unpaired) electrons. The molecule has 1 aliphatic rings. The number of hydrogen-bond donors (Lipinski definition) is 4. The first-order valence-corrected chi connectivity index (χ1v) is 16.0. The van der Waals surface area contributed by atoms with Crippen LogP contribution in [0.3, 0.4) is 0 Å². The molecule has 1 saturated heterocycles. The zero-order valence-corrected chi connectivity index (χ0v) is 26.7. The molecule has 5 N–H and O–H groups in total. The van der Waals surface area contributed by atoms with Crippen molar-refractivity contribution in [1.29, 1.82) is 0 Å². The summed E-state index contributed by atoms with van der Waals surface area (Å²) in [6, 6.07) is 22.2. The van der Waals surface area contributed by atoms with Crippen molar-refractivity contribution >= 4 is 52.1 Å². The van der Waals surface area contributed by atoms with Crippen molar-refractivity contribution in [1.82, 2.24) is 9.55 Å². The minimum atomic E-state index is -0.715. The molecule has 5 rings (SSSR count). The summed E-state index contributed by atoms with van der Waals surface area (Å²) < 4.78 is 14.6. The highest BCUT2D eigenvalue weighted by atomic mass is 35.5. The highest BCUT2D eigenvalue weighted by Gasteiger charge is 2.33. The van der Waals surface area contributed by atoms with Gasteiger partial charge in [-0.05, 0) is 48.2 Å². The number of rotatable bonds is 13. The highest BCUT2D eigenvalue weighted by molar-refractivity contribution is 6.40. The molecule has 3 atom stereocenters. The quantitative estimate of drug-likeness (QED) is 0.0887. The highest BCUT2D eigenvalue weighted by Crippen LogP contribution is 2.39. The summed E-state index contributed by atoms with van der Waals surface area (Å²) >= 11 is 12.4. The normalized spacial score (nSPS) is 17.8. The van der Waals surface area contributed by atoms with Crippen molar-refractivity contribution in [3.05, 3.63) is 106 Å². The molecule has 3 aromatic carbocycles. The molecule has 0 spiro atoms. The lowest BCUT2D eigenvalue weighted by molar-refractivity contribution is -0.252. The van der Waals surface area contributed by atoms with Crippen molar-refractivity contribution in [2.24, 2.45) is 0 Å². The van der Waals surface area contributed by atoms with Crippen molar-refractivity contribution in [3.63, 3.8) is 0 Å². The Labute approximate surface area is 277 Å². The minimum Gasteiger partial charge on any atom is -0.397 e. The molecule has 4 aromatic rings. The monoisotopic (exact) mass is 665 g/mol. The molecule has 0 bridgehead atoms. The number of unbranched alkanes of at least 4 members (excludes halogenated alkanes) is 2. The summed E-state index contributed by atoms with van der Waals surface area (Å²) in [6.07, 6.45) is 3.59. The Morgan fingerprint density at radius 1 is 0.913 bits per heavy atom. The second-order valence-electron chi connectivity index (χ2n) is 11.2. The lowest BCUT2D eigenvalue weighted by Crippen LogP contribution is -2.32. The van der Waals surface area contributed by atoms with E-state index in [9.17, 15) is 14.7 Å². The molecule has 1 aliphatic heterocycles. The molecule has 1 fully saturated rings. The van der Waals surface area contributed by atoms with E-state index in [1.807, 2.05) is 60.7 Å². The minimum absolute atomic E-state index is 0.0413. The fourth-order valence-corrected chi connectivity index (χ4v) is 5.59. The predicted octanol–water partition coefficient (Wildman–Crippen LogP) is 7.04. The molecule has 0 unspecified atom stereocenters. The molecule has 10 nitrogen and oxygen atoms in total. The number of benzene rings is 3. The number of para-hydroxylation sites is 2. The lowest BCUT2D eigenvalue weighted by Gasteiger charge is -2.36. The first kappa shape index (κ1) is 33.4. The van der Waals surface area contributed by atoms with Crippen LogP contribution < -0.4 is 16.4 Å². The van der Waals surface area contributed by atoms with E-state index in [1.165, 1.54) is 0 Å². The van der Waals surface area contributed by atoms with E-state index >= 15 is 0 Å². The van der Waals surface area contributed by atoms with Crippen LogP contribution in [0, 0.1) is 0 Å². The van der Waals surface area contributed by atoms with E-state index in [0.717, 1.165) is 23.1 Å². The predicted molar refractivity (Wildman–Crippen MR) is 178 cm³/mol. The van der Waals surface area contributed by atoms with E-state index in [1.54, 1.807) is 23.0 Å². The Kier molecular flexibility index (Phi) is 11.7. The SMILES string of the molecule is Nc1ccccc1NC(=O)CCCCCC(=O)Nc1cccc([C@H]2O[C@@H](Cn3cnc(Cl)c3Cl)C[C@@H](c3ccc(CO)cc3)O2)c1. The number of aliphatic hydroxyl groups excluding tert-OH is 1. The molecular formula is C34H37Cl2N5O5. The number of nitrogens with one attached hydrogen (secondary N) is 2. The van der Waals surface area contributed by atoms with Gasteiger partial charge in [0.05, 0.1) is 43.1 Å². The number of amides is 2. The van der Waals surface area contributed by atoms with E-state index in [-0.39, 0.29) is 35.8 Å². The van der Waals surface area contributed by atoms with Crippen LogP contribution in [-0.4, -0.2) is 32.6 Å². The molecule has 1 aromatic heterocycles. The van der Waals surface area contributed by atoms with Crippen LogP contribution in [-0.2, 0) is 32.2 Å². The van der Waals surface area contributed by atoms with Crippen LogP contribution in [0.4, 0.5) is 17.1 Å². The van der Waals surface area contributed by atoms with Crippen LogP contribution >= 0.6 is 23.2 Å². The summed E-state index contributed by atoms with van der Waals surface area (Å²) in [6.45, 7) is 0.377. The zero-order valence-electron chi connectivity index (χ0n) is 25.2. The Morgan fingerprint density at radius 2 is 1.65 bits per heavy atom. The van der Waals surface area contributed by atoms with Crippen LogP contribution in [0.15, 0.2) is 79.1 Å². The number of nitrogens with two attached hydrogens (primary N) is 1. The third-order valence-corrected chi connectivity index (χ3v) is 8.50. The largest absolute Gasteiger partial charge is 0.397 e. The van der Waals surface area contributed by atoms with E-state index < -0.39 is 6.29 Å². The van der Waals surface area contributed by atoms with Crippen LogP contribution in [0.2, 0.25) is 10.3 Å². The number of imidazole rings is 1. The zero-order chi connectivity index (χ0) is 32.5. The van der Waals surface area contributed by atoms with Gasteiger partial charge in [-0.3, -0.25) is 9.59 Å². The van der Waals surface area contributed by atoms with Crippen LogP contribution in [0.25, 0.3) is 0 Å². The average Bonchev–Trinajstić information content (AvgIpc) is 3.37. The number of anilines is 3. The summed E-state index contributed by atoms with van der Waals surface area (Å²) in [5, 5.41) is 15.8. The summed E-state index contributed by atoms with van der Waals surface area (Å²) in [5.74, 6) is -0.217. The van der Waals surface area contributed by atoms with E-state index in [2.05, 4.69) is 15.6 Å². The first-order chi connectivity index (χ1) is 22.3.